The highest BCUT2D eigenvalue weighted by Gasteiger charge is 2.65. The standard InChI is InChI=1S/C48H55NO7/c1-3-31-49(32-18-8-9-20-36(2)21-19-30-37-22-10-4-11-23-37)45(50)41-42(46(51)54-33-38-24-12-5-13-25-38)44(48(53)56-35-40-28-16-7-17-29-40)43(41)47(52)55-34-39-26-14-6-15-27-39/h4-7,9-17,20,22-29,36,41-44H,3,8,18-19,21,30-35H2,1-2H3/b20-9+/t36-,41-,42-,43-,44-/m0/s1. The predicted molar refractivity (Wildman–Crippen MR) is 216 cm³/mol. The summed E-state index contributed by atoms with van der Waals surface area (Å²) in [6.45, 7) is 4.96. The average molecular weight is 758 g/mol. The fraction of sp³-hybridized carbons (Fsp3) is 0.375. The highest BCUT2D eigenvalue weighted by molar-refractivity contribution is 5.99. The summed E-state index contributed by atoms with van der Waals surface area (Å²) in [7, 11) is 0. The number of esters is 3. The van der Waals surface area contributed by atoms with Crippen LogP contribution in [0.3, 0.4) is 0 Å². The van der Waals surface area contributed by atoms with Gasteiger partial charge in [-0.3, -0.25) is 19.2 Å². The van der Waals surface area contributed by atoms with Crippen LogP contribution >= 0.6 is 0 Å². The third-order valence-corrected chi connectivity index (χ3v) is 10.4. The maximum absolute atomic E-state index is 14.6. The zero-order chi connectivity index (χ0) is 39.5. The van der Waals surface area contributed by atoms with Crippen molar-refractivity contribution in [3.8, 4) is 0 Å². The average Bonchev–Trinajstić information content (AvgIpc) is 3.22. The quantitative estimate of drug-likeness (QED) is 0.0362. The van der Waals surface area contributed by atoms with Crippen molar-refractivity contribution in [2.24, 2.45) is 29.6 Å². The number of nitrogens with zero attached hydrogens (tertiary/aromatic N) is 1. The van der Waals surface area contributed by atoms with Crippen LogP contribution in [-0.2, 0) is 59.6 Å². The molecule has 0 bridgehead atoms. The number of aryl methyl sites for hydroxylation is 1. The zero-order valence-electron chi connectivity index (χ0n) is 32.7. The summed E-state index contributed by atoms with van der Waals surface area (Å²) in [5.74, 6) is -6.96. The van der Waals surface area contributed by atoms with Crippen molar-refractivity contribution >= 4 is 23.8 Å². The predicted octanol–water partition coefficient (Wildman–Crippen LogP) is 8.93. The number of benzene rings is 4. The van der Waals surface area contributed by atoms with Crippen molar-refractivity contribution in [3.63, 3.8) is 0 Å². The van der Waals surface area contributed by atoms with E-state index in [-0.39, 0.29) is 25.7 Å². The monoisotopic (exact) mass is 757 g/mol. The van der Waals surface area contributed by atoms with Gasteiger partial charge in [-0.05, 0) is 66.7 Å². The van der Waals surface area contributed by atoms with Crippen LogP contribution in [0.25, 0.3) is 0 Å². The highest BCUT2D eigenvalue weighted by Crippen LogP contribution is 2.50. The maximum atomic E-state index is 14.6. The normalized spacial score (nSPS) is 18.0. The molecule has 0 spiro atoms. The Morgan fingerprint density at radius 1 is 0.571 bits per heavy atom. The lowest BCUT2D eigenvalue weighted by Crippen LogP contribution is -2.63. The largest absolute Gasteiger partial charge is 0.461 e. The summed E-state index contributed by atoms with van der Waals surface area (Å²) in [5, 5.41) is 0. The first-order valence-electron chi connectivity index (χ1n) is 20.0. The summed E-state index contributed by atoms with van der Waals surface area (Å²) < 4.78 is 17.3. The molecule has 4 aromatic carbocycles. The molecule has 0 aromatic heterocycles. The number of hydrogen-bond acceptors (Lipinski definition) is 7. The van der Waals surface area contributed by atoms with E-state index < -0.39 is 41.6 Å². The number of rotatable bonds is 21. The molecular weight excluding hydrogens is 703 g/mol. The second kappa shape index (κ2) is 22.2. The van der Waals surface area contributed by atoms with Crippen LogP contribution in [0, 0.1) is 29.6 Å². The molecule has 294 valence electrons. The van der Waals surface area contributed by atoms with Crippen LogP contribution in [0.1, 0.15) is 68.2 Å². The van der Waals surface area contributed by atoms with E-state index in [1.165, 1.54) is 5.56 Å². The minimum atomic E-state index is -1.26. The fourth-order valence-corrected chi connectivity index (χ4v) is 7.32. The first-order valence-corrected chi connectivity index (χ1v) is 20.0. The van der Waals surface area contributed by atoms with Gasteiger partial charge in [0.05, 0.1) is 23.7 Å². The molecule has 4 aromatic rings. The van der Waals surface area contributed by atoms with Crippen LogP contribution in [0.15, 0.2) is 133 Å². The minimum absolute atomic E-state index is 0.0400. The Hall–Kier alpha value is -5.50. The van der Waals surface area contributed by atoms with E-state index in [1.54, 1.807) is 4.90 Å². The molecule has 56 heavy (non-hydrogen) atoms. The van der Waals surface area contributed by atoms with E-state index in [1.807, 2.05) is 104 Å². The molecule has 1 amide bonds. The number of carbonyl (C=O) groups excluding carboxylic acids is 4. The van der Waals surface area contributed by atoms with Gasteiger partial charge in [-0.25, -0.2) is 0 Å². The van der Waals surface area contributed by atoms with Crippen molar-refractivity contribution in [2.45, 2.75) is 72.2 Å². The number of ether oxygens (including phenoxy) is 3. The van der Waals surface area contributed by atoms with E-state index >= 15 is 0 Å². The van der Waals surface area contributed by atoms with Gasteiger partial charge in [0.15, 0.2) is 0 Å². The first kappa shape index (κ1) is 41.7. The van der Waals surface area contributed by atoms with Gasteiger partial charge in [-0.2, -0.15) is 0 Å². The Balaban J connectivity index is 1.31. The molecule has 0 radical (unpaired) electrons. The van der Waals surface area contributed by atoms with Gasteiger partial charge in [-0.1, -0.05) is 147 Å². The van der Waals surface area contributed by atoms with Crippen LogP contribution < -0.4 is 0 Å². The van der Waals surface area contributed by atoms with Crippen LogP contribution in [0.4, 0.5) is 0 Å². The van der Waals surface area contributed by atoms with Gasteiger partial charge >= 0.3 is 17.9 Å². The second-order valence-electron chi connectivity index (χ2n) is 14.6. The molecular formula is C48H55NO7. The van der Waals surface area contributed by atoms with Crippen molar-refractivity contribution in [1.29, 1.82) is 0 Å². The lowest BCUT2D eigenvalue weighted by molar-refractivity contribution is -0.197. The van der Waals surface area contributed by atoms with Crippen LogP contribution in [0.2, 0.25) is 0 Å². The van der Waals surface area contributed by atoms with E-state index in [0.29, 0.717) is 31.8 Å². The molecule has 1 aliphatic rings. The molecule has 1 saturated carbocycles. The Bertz CT molecular complexity index is 1770. The van der Waals surface area contributed by atoms with Gasteiger partial charge in [0.2, 0.25) is 5.91 Å². The van der Waals surface area contributed by atoms with Gasteiger partial charge in [-0.15, -0.1) is 0 Å². The fourth-order valence-electron chi connectivity index (χ4n) is 7.32. The topological polar surface area (TPSA) is 99.2 Å². The summed E-state index contributed by atoms with van der Waals surface area (Å²) in [6.07, 6.45) is 9.85. The maximum Gasteiger partial charge on any atom is 0.311 e. The molecule has 8 nitrogen and oxygen atoms in total. The smallest absolute Gasteiger partial charge is 0.311 e. The first-order chi connectivity index (χ1) is 27.4. The van der Waals surface area contributed by atoms with Gasteiger partial charge in [0.25, 0.3) is 0 Å². The van der Waals surface area contributed by atoms with Crippen molar-refractivity contribution in [2.75, 3.05) is 13.1 Å². The minimum Gasteiger partial charge on any atom is -0.461 e. The summed E-state index contributed by atoms with van der Waals surface area (Å²) >= 11 is 0. The molecule has 0 saturated heterocycles. The second-order valence-corrected chi connectivity index (χ2v) is 14.6. The molecule has 8 heteroatoms. The van der Waals surface area contributed by atoms with Crippen LogP contribution in [-0.4, -0.2) is 41.8 Å². The zero-order valence-corrected chi connectivity index (χ0v) is 32.7. The molecule has 5 rings (SSSR count). The van der Waals surface area contributed by atoms with Crippen molar-refractivity contribution in [1.82, 2.24) is 4.90 Å². The van der Waals surface area contributed by atoms with Gasteiger partial charge in [0, 0.05) is 13.1 Å². The molecule has 0 aliphatic heterocycles. The molecule has 0 heterocycles. The van der Waals surface area contributed by atoms with Crippen LogP contribution in [0.5, 0.6) is 0 Å². The summed E-state index contributed by atoms with van der Waals surface area (Å²) in [6, 6.07) is 38.1. The molecule has 1 aliphatic carbocycles. The van der Waals surface area contributed by atoms with Gasteiger partial charge in [0.1, 0.15) is 19.8 Å². The number of allylic oxidation sites excluding steroid dienone is 2. The third kappa shape index (κ3) is 12.3. The third-order valence-electron chi connectivity index (χ3n) is 10.4. The number of unbranched alkanes of at least 4 members (excludes halogenated alkanes) is 1. The highest BCUT2D eigenvalue weighted by atomic mass is 16.5. The van der Waals surface area contributed by atoms with E-state index in [0.717, 1.165) is 42.4 Å². The molecule has 0 unspecified atom stereocenters. The lowest BCUT2D eigenvalue weighted by Gasteiger charge is -2.47. The lowest BCUT2D eigenvalue weighted by atomic mass is 9.55. The number of hydrogen-bond donors (Lipinski definition) is 0. The van der Waals surface area contributed by atoms with E-state index in [4.69, 9.17) is 14.2 Å². The summed E-state index contributed by atoms with van der Waals surface area (Å²) in [4.78, 5) is 58.2. The van der Waals surface area contributed by atoms with Crippen molar-refractivity contribution in [3.05, 3.63) is 156 Å². The molecule has 0 N–H and O–H groups in total. The van der Waals surface area contributed by atoms with E-state index in [9.17, 15) is 19.2 Å². The Morgan fingerprint density at radius 3 is 1.41 bits per heavy atom. The summed E-state index contributed by atoms with van der Waals surface area (Å²) in [5.41, 5.74) is 3.63. The molecule has 1 fully saturated rings. The SMILES string of the molecule is CCCN(CCC/C=C/[C@H](C)CCCc1ccccc1)C(=O)[C@H]1[C@H](C(=O)OCc2ccccc2)[C@H](C(=O)OCc2ccccc2)[C@H]1C(=O)OCc1ccccc1. The number of amides is 1. The Morgan fingerprint density at radius 2 is 0.982 bits per heavy atom. The number of carbonyl (C=O) groups is 4. The van der Waals surface area contributed by atoms with Crippen molar-refractivity contribution < 1.29 is 33.4 Å². The Labute approximate surface area is 331 Å². The Kier molecular flexibility index (Phi) is 16.5. The van der Waals surface area contributed by atoms with Gasteiger partial charge < -0.3 is 19.1 Å². The van der Waals surface area contributed by atoms with E-state index in [2.05, 4.69) is 43.3 Å². The molecule has 3 atom stereocenters.